The molecule has 1 heterocycles. The summed E-state index contributed by atoms with van der Waals surface area (Å²) in [5.74, 6) is -0.284. The highest BCUT2D eigenvalue weighted by Crippen LogP contribution is 2.42. The molecule has 1 aromatic carbocycles. The SMILES string of the molecule is O=C(O)C1(OCCO)CCSc2ccccc21. The zero-order valence-corrected chi connectivity index (χ0v) is 10.1. The first kappa shape index (κ1) is 12.4. The van der Waals surface area contributed by atoms with Crippen LogP contribution in [0.15, 0.2) is 29.2 Å². The van der Waals surface area contributed by atoms with E-state index in [1.54, 1.807) is 17.8 Å². The van der Waals surface area contributed by atoms with E-state index in [0.717, 1.165) is 4.90 Å². The number of carbonyl (C=O) groups is 1. The molecule has 1 aliphatic heterocycles. The Labute approximate surface area is 104 Å². The standard InChI is InChI=1S/C12H14O4S/c13-6-7-16-12(11(14)15)5-8-17-10-4-2-1-3-9(10)12/h1-4,13H,5-8H2,(H,14,15). The van der Waals surface area contributed by atoms with Gasteiger partial charge in [-0.2, -0.15) is 0 Å². The molecule has 0 amide bonds. The van der Waals surface area contributed by atoms with Crippen LogP contribution in [-0.2, 0) is 15.1 Å². The lowest BCUT2D eigenvalue weighted by Crippen LogP contribution is -2.42. The molecule has 1 aromatic rings. The van der Waals surface area contributed by atoms with Crippen molar-refractivity contribution in [2.45, 2.75) is 16.9 Å². The first-order chi connectivity index (χ1) is 8.20. The molecule has 5 heteroatoms. The summed E-state index contributed by atoms with van der Waals surface area (Å²) in [7, 11) is 0. The predicted molar refractivity (Wildman–Crippen MR) is 64.1 cm³/mol. The number of carboxylic acid groups (broad SMARTS) is 1. The van der Waals surface area contributed by atoms with E-state index in [2.05, 4.69) is 0 Å². The Hall–Kier alpha value is -1.04. The van der Waals surface area contributed by atoms with Crippen LogP contribution in [0, 0.1) is 0 Å². The van der Waals surface area contributed by atoms with E-state index in [-0.39, 0.29) is 13.2 Å². The summed E-state index contributed by atoms with van der Waals surface area (Å²) >= 11 is 1.64. The van der Waals surface area contributed by atoms with E-state index in [1.165, 1.54) is 0 Å². The van der Waals surface area contributed by atoms with E-state index < -0.39 is 11.6 Å². The second-order valence-corrected chi connectivity index (χ2v) is 4.94. The third kappa shape index (κ3) is 2.18. The molecule has 2 rings (SSSR count). The number of thioether (sulfide) groups is 1. The fraction of sp³-hybridized carbons (Fsp3) is 0.417. The highest BCUT2D eigenvalue weighted by molar-refractivity contribution is 7.99. The van der Waals surface area contributed by atoms with Crippen LogP contribution >= 0.6 is 11.8 Å². The largest absolute Gasteiger partial charge is 0.479 e. The van der Waals surface area contributed by atoms with Crippen LogP contribution < -0.4 is 0 Å². The van der Waals surface area contributed by atoms with Crippen molar-refractivity contribution < 1.29 is 19.7 Å². The van der Waals surface area contributed by atoms with Gasteiger partial charge in [0.2, 0.25) is 0 Å². The molecule has 0 aliphatic carbocycles. The molecule has 0 spiro atoms. The zero-order chi connectivity index (χ0) is 12.3. The van der Waals surface area contributed by atoms with E-state index in [4.69, 9.17) is 9.84 Å². The molecule has 4 nitrogen and oxygen atoms in total. The van der Waals surface area contributed by atoms with Crippen molar-refractivity contribution in [1.82, 2.24) is 0 Å². The quantitative estimate of drug-likeness (QED) is 0.851. The minimum absolute atomic E-state index is 0.0330. The lowest BCUT2D eigenvalue weighted by Gasteiger charge is -2.34. The van der Waals surface area contributed by atoms with Gasteiger partial charge in [-0.1, -0.05) is 18.2 Å². The maximum Gasteiger partial charge on any atom is 0.340 e. The van der Waals surface area contributed by atoms with Crippen LogP contribution in [0.5, 0.6) is 0 Å². The van der Waals surface area contributed by atoms with Crippen LogP contribution in [0.2, 0.25) is 0 Å². The molecule has 2 N–H and O–H groups in total. The zero-order valence-electron chi connectivity index (χ0n) is 9.26. The van der Waals surface area contributed by atoms with Crippen LogP contribution in [0.3, 0.4) is 0 Å². The van der Waals surface area contributed by atoms with Crippen molar-refractivity contribution in [1.29, 1.82) is 0 Å². The summed E-state index contributed by atoms with van der Waals surface area (Å²) in [6, 6.07) is 7.38. The molecule has 0 saturated heterocycles. The Morgan fingerprint density at radius 3 is 2.94 bits per heavy atom. The van der Waals surface area contributed by atoms with Crippen molar-refractivity contribution >= 4 is 17.7 Å². The van der Waals surface area contributed by atoms with Gasteiger partial charge < -0.3 is 14.9 Å². The number of carboxylic acids is 1. The smallest absolute Gasteiger partial charge is 0.340 e. The van der Waals surface area contributed by atoms with Crippen molar-refractivity contribution in [3.05, 3.63) is 29.8 Å². The second kappa shape index (κ2) is 5.08. The van der Waals surface area contributed by atoms with Crippen LogP contribution in [0.4, 0.5) is 0 Å². The maximum absolute atomic E-state index is 11.5. The van der Waals surface area contributed by atoms with Crippen molar-refractivity contribution in [3.8, 4) is 0 Å². The average Bonchev–Trinajstić information content (AvgIpc) is 2.36. The minimum atomic E-state index is -1.30. The van der Waals surface area contributed by atoms with Crippen LogP contribution in [-0.4, -0.2) is 35.1 Å². The first-order valence-corrected chi connectivity index (χ1v) is 6.40. The Morgan fingerprint density at radius 2 is 2.24 bits per heavy atom. The molecule has 0 bridgehead atoms. The average molecular weight is 254 g/mol. The minimum Gasteiger partial charge on any atom is -0.479 e. The van der Waals surface area contributed by atoms with Gasteiger partial charge in [0.25, 0.3) is 0 Å². The van der Waals surface area contributed by atoms with Crippen LogP contribution in [0.25, 0.3) is 0 Å². The summed E-state index contributed by atoms with van der Waals surface area (Å²) in [6.07, 6.45) is 0.421. The number of fused-ring (bicyclic) bond motifs is 1. The molecule has 1 atom stereocenters. The van der Waals surface area contributed by atoms with E-state index in [0.29, 0.717) is 17.7 Å². The highest BCUT2D eigenvalue weighted by Gasteiger charge is 2.45. The molecular weight excluding hydrogens is 240 g/mol. The molecule has 0 fully saturated rings. The van der Waals surface area contributed by atoms with Crippen LogP contribution in [0.1, 0.15) is 12.0 Å². The summed E-state index contributed by atoms with van der Waals surface area (Å²) in [5.41, 5.74) is -0.609. The Kier molecular flexibility index (Phi) is 3.71. The first-order valence-electron chi connectivity index (χ1n) is 5.41. The van der Waals surface area contributed by atoms with Gasteiger partial charge in [-0.05, 0) is 6.07 Å². The summed E-state index contributed by atoms with van der Waals surface area (Å²) < 4.78 is 5.44. The third-order valence-electron chi connectivity index (χ3n) is 2.82. The van der Waals surface area contributed by atoms with Gasteiger partial charge in [-0.25, -0.2) is 4.79 Å². The van der Waals surface area contributed by atoms with Crippen molar-refractivity contribution in [2.24, 2.45) is 0 Å². The third-order valence-corrected chi connectivity index (χ3v) is 3.89. The maximum atomic E-state index is 11.5. The van der Waals surface area contributed by atoms with Gasteiger partial charge in [0, 0.05) is 22.6 Å². The number of aliphatic carboxylic acids is 1. The lowest BCUT2D eigenvalue weighted by atomic mass is 9.90. The van der Waals surface area contributed by atoms with Gasteiger partial charge in [0.05, 0.1) is 13.2 Å². The summed E-state index contributed by atoms with van der Waals surface area (Å²) in [6.45, 7) is -0.143. The Morgan fingerprint density at radius 1 is 1.47 bits per heavy atom. The number of rotatable bonds is 4. The summed E-state index contributed by atoms with van der Waals surface area (Å²) in [4.78, 5) is 12.5. The number of hydrogen-bond acceptors (Lipinski definition) is 4. The van der Waals surface area contributed by atoms with Gasteiger partial charge in [0.15, 0.2) is 5.60 Å². The topological polar surface area (TPSA) is 66.8 Å². The molecule has 0 aromatic heterocycles. The highest BCUT2D eigenvalue weighted by atomic mass is 32.2. The molecule has 92 valence electrons. The van der Waals surface area contributed by atoms with Gasteiger partial charge in [0.1, 0.15) is 0 Å². The fourth-order valence-electron chi connectivity index (χ4n) is 2.02. The van der Waals surface area contributed by atoms with Gasteiger partial charge in [-0.15, -0.1) is 11.8 Å². The molecule has 0 saturated carbocycles. The molecule has 17 heavy (non-hydrogen) atoms. The normalized spacial score (nSPS) is 23.1. The Bertz CT molecular complexity index is 421. The predicted octanol–water partition coefficient (Wildman–Crippen LogP) is 1.47. The molecule has 0 radical (unpaired) electrons. The molecule has 1 aliphatic rings. The molecule has 1 unspecified atom stereocenters. The number of ether oxygens (including phenoxy) is 1. The van der Waals surface area contributed by atoms with Crippen molar-refractivity contribution in [3.63, 3.8) is 0 Å². The lowest BCUT2D eigenvalue weighted by molar-refractivity contribution is -0.170. The molecular formula is C12H14O4S. The second-order valence-electron chi connectivity index (χ2n) is 3.80. The van der Waals surface area contributed by atoms with E-state index >= 15 is 0 Å². The number of hydrogen-bond donors (Lipinski definition) is 2. The number of aliphatic hydroxyl groups is 1. The number of aliphatic hydroxyl groups excluding tert-OH is 1. The van der Waals surface area contributed by atoms with E-state index in [1.807, 2.05) is 18.2 Å². The summed E-state index contributed by atoms with van der Waals surface area (Å²) in [5, 5.41) is 18.3. The van der Waals surface area contributed by atoms with Gasteiger partial charge in [-0.3, -0.25) is 0 Å². The number of benzene rings is 1. The fourth-order valence-corrected chi connectivity index (χ4v) is 3.19. The van der Waals surface area contributed by atoms with E-state index in [9.17, 15) is 9.90 Å². The monoisotopic (exact) mass is 254 g/mol. The van der Waals surface area contributed by atoms with Crippen molar-refractivity contribution in [2.75, 3.05) is 19.0 Å². The van der Waals surface area contributed by atoms with Gasteiger partial charge >= 0.3 is 5.97 Å². The Balaban J connectivity index is 2.43.